The number of benzene rings is 1. The fraction of sp³-hybridized carbons (Fsp3) is 0.333. The molecule has 0 aliphatic heterocycles. The summed E-state index contributed by atoms with van der Waals surface area (Å²) < 4.78 is 5.23. The molecule has 0 bridgehead atoms. The highest BCUT2D eigenvalue weighted by atomic mass is 16.5. The molecule has 1 aromatic carbocycles. The predicted octanol–water partition coefficient (Wildman–Crippen LogP) is 1.20. The van der Waals surface area contributed by atoms with Crippen LogP contribution in [-0.4, -0.2) is 29.5 Å². The van der Waals surface area contributed by atoms with Gasteiger partial charge in [0.1, 0.15) is 6.10 Å². The van der Waals surface area contributed by atoms with E-state index in [0.29, 0.717) is 6.61 Å². The number of aliphatic hydroxyl groups is 2. The highest BCUT2D eigenvalue weighted by molar-refractivity contribution is 5.47. The molecule has 0 aliphatic carbocycles. The predicted molar refractivity (Wildman–Crippen MR) is 59.3 cm³/mol. The summed E-state index contributed by atoms with van der Waals surface area (Å²) in [6, 6.07) is 7.80. The summed E-state index contributed by atoms with van der Waals surface area (Å²) in [4.78, 5) is 0. The molecule has 3 heteroatoms. The van der Waals surface area contributed by atoms with E-state index in [4.69, 9.17) is 14.9 Å². The van der Waals surface area contributed by atoms with E-state index in [9.17, 15) is 0 Å². The maximum Gasteiger partial charge on any atom is 0.100 e. The molecule has 1 rings (SSSR count). The van der Waals surface area contributed by atoms with Gasteiger partial charge in [-0.3, -0.25) is 0 Å². The van der Waals surface area contributed by atoms with Gasteiger partial charge in [-0.05, 0) is 17.2 Å². The number of hydrogen-bond donors (Lipinski definition) is 2. The van der Waals surface area contributed by atoms with Crippen molar-refractivity contribution in [3.8, 4) is 0 Å². The molecule has 15 heavy (non-hydrogen) atoms. The Balaban J connectivity index is 2.40. The molecule has 0 amide bonds. The molecule has 3 nitrogen and oxygen atoms in total. The minimum atomic E-state index is -0.799. The van der Waals surface area contributed by atoms with Gasteiger partial charge in [0.05, 0.1) is 19.8 Å². The molecule has 2 N–H and O–H groups in total. The van der Waals surface area contributed by atoms with Gasteiger partial charge in [-0.25, -0.2) is 0 Å². The quantitative estimate of drug-likeness (QED) is 0.738. The van der Waals surface area contributed by atoms with Crippen molar-refractivity contribution in [2.45, 2.75) is 12.7 Å². The van der Waals surface area contributed by atoms with Gasteiger partial charge in [0.15, 0.2) is 0 Å². The van der Waals surface area contributed by atoms with E-state index < -0.39 is 6.10 Å². The molecule has 1 atom stereocenters. The van der Waals surface area contributed by atoms with Gasteiger partial charge in [0.25, 0.3) is 0 Å². The molecule has 0 radical (unpaired) electrons. The lowest BCUT2D eigenvalue weighted by atomic mass is 10.1. The van der Waals surface area contributed by atoms with Crippen LogP contribution >= 0.6 is 0 Å². The first-order valence-corrected chi connectivity index (χ1v) is 4.84. The molecule has 0 heterocycles. The summed E-state index contributed by atoms with van der Waals surface area (Å²) in [7, 11) is 0. The lowest BCUT2D eigenvalue weighted by Gasteiger charge is -2.08. The van der Waals surface area contributed by atoms with Crippen molar-refractivity contribution in [3.63, 3.8) is 0 Å². The van der Waals surface area contributed by atoms with Crippen molar-refractivity contribution in [2.75, 3.05) is 13.2 Å². The largest absolute Gasteiger partial charge is 0.394 e. The second-order valence-corrected chi connectivity index (χ2v) is 3.30. The Morgan fingerprint density at radius 1 is 1.47 bits per heavy atom. The molecular weight excluding hydrogens is 192 g/mol. The summed E-state index contributed by atoms with van der Waals surface area (Å²) in [6.07, 6.45) is 0.971. The molecule has 0 aromatic heterocycles. The maximum absolute atomic E-state index is 9.05. The number of aliphatic hydroxyl groups excluding tert-OH is 2. The van der Waals surface area contributed by atoms with Crippen LogP contribution in [0.3, 0.4) is 0 Å². The Labute approximate surface area is 89.6 Å². The summed E-state index contributed by atoms with van der Waals surface area (Å²) in [5.41, 5.74) is 2.07. The van der Waals surface area contributed by atoms with E-state index in [2.05, 4.69) is 6.58 Å². The molecule has 82 valence electrons. The lowest BCUT2D eigenvalue weighted by molar-refractivity contribution is 0.0000225. The first kappa shape index (κ1) is 11.9. The first-order valence-electron chi connectivity index (χ1n) is 4.84. The van der Waals surface area contributed by atoms with Gasteiger partial charge in [-0.15, -0.1) is 0 Å². The Hall–Kier alpha value is -1.16. The fourth-order valence-corrected chi connectivity index (χ4v) is 1.18. The van der Waals surface area contributed by atoms with Gasteiger partial charge in [-0.2, -0.15) is 0 Å². The highest BCUT2D eigenvalue weighted by Gasteiger charge is 2.01. The van der Waals surface area contributed by atoms with Crippen LogP contribution in [0, 0.1) is 0 Å². The van der Waals surface area contributed by atoms with Crippen LogP contribution in [0.1, 0.15) is 11.1 Å². The van der Waals surface area contributed by atoms with Crippen LogP contribution in [0.15, 0.2) is 30.8 Å². The minimum absolute atomic E-state index is 0.148. The van der Waals surface area contributed by atoms with Crippen LogP contribution < -0.4 is 0 Å². The molecule has 1 aromatic rings. The molecule has 0 saturated carbocycles. The Kier molecular flexibility index (Phi) is 5.04. The van der Waals surface area contributed by atoms with Crippen LogP contribution in [0.25, 0.3) is 6.08 Å². The van der Waals surface area contributed by atoms with E-state index in [0.717, 1.165) is 11.1 Å². The molecule has 0 spiro atoms. The monoisotopic (exact) mass is 208 g/mol. The Bertz CT molecular complexity index is 309. The third kappa shape index (κ3) is 4.25. The van der Waals surface area contributed by atoms with E-state index >= 15 is 0 Å². The number of hydrogen-bond acceptors (Lipinski definition) is 3. The second kappa shape index (κ2) is 6.35. The molecule has 0 saturated heterocycles. The maximum atomic E-state index is 9.05. The average Bonchev–Trinajstić information content (AvgIpc) is 2.29. The van der Waals surface area contributed by atoms with E-state index in [1.165, 1.54) is 0 Å². The van der Waals surface area contributed by atoms with Gasteiger partial charge in [-0.1, -0.05) is 30.9 Å². The van der Waals surface area contributed by atoms with Gasteiger partial charge in [0, 0.05) is 0 Å². The summed E-state index contributed by atoms with van der Waals surface area (Å²) in [5, 5.41) is 17.6. The SMILES string of the molecule is C=Cc1cccc(COCC(O)CO)c1. The third-order valence-corrected chi connectivity index (χ3v) is 1.98. The Morgan fingerprint density at radius 2 is 2.27 bits per heavy atom. The Morgan fingerprint density at radius 3 is 2.93 bits per heavy atom. The minimum Gasteiger partial charge on any atom is -0.394 e. The van der Waals surface area contributed by atoms with E-state index in [-0.39, 0.29) is 13.2 Å². The molecular formula is C12H16O3. The average molecular weight is 208 g/mol. The standard InChI is InChI=1S/C12H16O3/c1-2-10-4-3-5-11(6-10)8-15-9-12(14)7-13/h2-6,12-14H,1,7-9H2. The van der Waals surface area contributed by atoms with Gasteiger partial charge in [0.2, 0.25) is 0 Å². The zero-order valence-electron chi connectivity index (χ0n) is 8.60. The van der Waals surface area contributed by atoms with Crippen LogP contribution in [-0.2, 0) is 11.3 Å². The highest BCUT2D eigenvalue weighted by Crippen LogP contribution is 2.07. The normalized spacial score (nSPS) is 12.4. The zero-order valence-corrected chi connectivity index (χ0v) is 8.60. The molecule has 1 unspecified atom stereocenters. The van der Waals surface area contributed by atoms with Crippen molar-refractivity contribution >= 4 is 6.08 Å². The topological polar surface area (TPSA) is 49.7 Å². The third-order valence-electron chi connectivity index (χ3n) is 1.98. The summed E-state index contributed by atoms with van der Waals surface area (Å²) in [6.45, 7) is 3.99. The molecule has 0 aliphatic rings. The van der Waals surface area contributed by atoms with Crippen molar-refractivity contribution in [2.24, 2.45) is 0 Å². The fourth-order valence-electron chi connectivity index (χ4n) is 1.18. The molecule has 0 fully saturated rings. The van der Waals surface area contributed by atoms with Crippen molar-refractivity contribution < 1.29 is 14.9 Å². The van der Waals surface area contributed by atoms with Crippen LogP contribution in [0.2, 0.25) is 0 Å². The van der Waals surface area contributed by atoms with E-state index in [1.54, 1.807) is 6.08 Å². The van der Waals surface area contributed by atoms with Crippen molar-refractivity contribution in [3.05, 3.63) is 42.0 Å². The second-order valence-electron chi connectivity index (χ2n) is 3.30. The van der Waals surface area contributed by atoms with Crippen molar-refractivity contribution in [1.82, 2.24) is 0 Å². The lowest BCUT2D eigenvalue weighted by Crippen LogP contribution is -2.19. The summed E-state index contributed by atoms with van der Waals surface area (Å²) in [5.74, 6) is 0. The van der Waals surface area contributed by atoms with Crippen LogP contribution in [0.5, 0.6) is 0 Å². The van der Waals surface area contributed by atoms with Crippen molar-refractivity contribution in [1.29, 1.82) is 0 Å². The number of ether oxygens (including phenoxy) is 1. The van der Waals surface area contributed by atoms with Gasteiger partial charge < -0.3 is 14.9 Å². The van der Waals surface area contributed by atoms with Crippen LogP contribution in [0.4, 0.5) is 0 Å². The summed E-state index contributed by atoms with van der Waals surface area (Å²) >= 11 is 0. The first-order chi connectivity index (χ1) is 7.26. The zero-order chi connectivity index (χ0) is 11.1. The smallest absolute Gasteiger partial charge is 0.100 e. The van der Waals surface area contributed by atoms with E-state index in [1.807, 2.05) is 24.3 Å². The number of rotatable bonds is 6. The van der Waals surface area contributed by atoms with Gasteiger partial charge >= 0.3 is 0 Å².